The van der Waals surface area contributed by atoms with Gasteiger partial charge in [0.1, 0.15) is 11.7 Å². The third-order valence-electron chi connectivity index (χ3n) is 6.78. The van der Waals surface area contributed by atoms with Crippen molar-refractivity contribution < 1.29 is 24.3 Å². The summed E-state index contributed by atoms with van der Waals surface area (Å²) < 4.78 is 2.53. The second kappa shape index (κ2) is 10.3. The van der Waals surface area contributed by atoms with E-state index in [-0.39, 0.29) is 18.3 Å². The van der Waals surface area contributed by atoms with E-state index in [0.717, 1.165) is 15.2 Å². The molecule has 1 aliphatic rings. The number of likely N-dealkylation sites (N-methyl/N-ethyl adjacent to an activating group) is 1. The van der Waals surface area contributed by atoms with Gasteiger partial charge in [0, 0.05) is 39.5 Å². The van der Waals surface area contributed by atoms with Gasteiger partial charge in [0.15, 0.2) is 0 Å². The van der Waals surface area contributed by atoms with Crippen LogP contribution in [0.5, 0.6) is 0 Å². The Morgan fingerprint density at radius 1 is 1.27 bits per heavy atom. The molecule has 1 aliphatic heterocycles. The van der Waals surface area contributed by atoms with E-state index in [1.807, 2.05) is 37.3 Å². The molecule has 2 aromatic heterocycles. The van der Waals surface area contributed by atoms with E-state index in [1.54, 1.807) is 50.1 Å². The van der Waals surface area contributed by atoms with Crippen LogP contribution in [-0.2, 0) is 23.1 Å². The highest BCUT2D eigenvalue weighted by Gasteiger charge is 2.55. The smallest absolute Gasteiger partial charge is 0.325 e. The lowest BCUT2D eigenvalue weighted by molar-refractivity contribution is -0.897. The van der Waals surface area contributed by atoms with Crippen LogP contribution in [0.25, 0.3) is 0 Å². The molecule has 194 valence electrons. The van der Waals surface area contributed by atoms with Crippen LogP contribution in [0.2, 0.25) is 0 Å². The van der Waals surface area contributed by atoms with Crippen LogP contribution < -0.4 is 20.7 Å². The Bertz CT molecular complexity index is 1300. The lowest BCUT2D eigenvalue weighted by Crippen LogP contribution is -2.70. The first-order valence-corrected chi connectivity index (χ1v) is 12.1. The quantitative estimate of drug-likeness (QED) is 0.254. The fourth-order valence-corrected chi connectivity index (χ4v) is 4.76. The van der Waals surface area contributed by atoms with Gasteiger partial charge in [0.2, 0.25) is 11.9 Å². The second-order valence-corrected chi connectivity index (χ2v) is 9.26. The van der Waals surface area contributed by atoms with Crippen molar-refractivity contribution in [3.05, 3.63) is 71.7 Å². The van der Waals surface area contributed by atoms with Crippen molar-refractivity contribution >= 4 is 29.6 Å². The van der Waals surface area contributed by atoms with Crippen LogP contribution in [0.3, 0.4) is 0 Å². The fraction of sp³-hybridized carbons (Fsp3) is 0.346. The number of likely N-dealkylation sites (tertiary alicyclic amines) is 1. The lowest BCUT2D eigenvalue weighted by atomic mass is 9.81. The summed E-state index contributed by atoms with van der Waals surface area (Å²) in [6.07, 6.45) is 4.06. The molecule has 0 bridgehead atoms. The van der Waals surface area contributed by atoms with Crippen LogP contribution in [0.15, 0.2) is 54.9 Å². The Hall–Kier alpha value is -4.41. The summed E-state index contributed by atoms with van der Waals surface area (Å²) in [6, 6.07) is 10.7. The monoisotopic (exact) mass is 506 g/mol. The highest BCUT2D eigenvalue weighted by atomic mass is 16.5. The molecule has 11 heteroatoms. The fourth-order valence-electron chi connectivity index (χ4n) is 4.76. The minimum Gasteiger partial charge on any atom is -0.349 e. The van der Waals surface area contributed by atoms with Crippen LogP contribution in [0.1, 0.15) is 36.2 Å². The normalized spacial score (nSPS) is 17.7. The van der Waals surface area contributed by atoms with Gasteiger partial charge in [0.25, 0.3) is 5.91 Å². The number of benzene rings is 1. The zero-order chi connectivity index (χ0) is 26.9. The first-order chi connectivity index (χ1) is 17.6. The summed E-state index contributed by atoms with van der Waals surface area (Å²) in [5.74, 6) is -1.17. The molecule has 0 aliphatic carbocycles. The van der Waals surface area contributed by atoms with Crippen LogP contribution in [-0.4, -0.2) is 50.6 Å². The summed E-state index contributed by atoms with van der Waals surface area (Å²) >= 11 is 0. The summed E-state index contributed by atoms with van der Waals surface area (Å²) in [6.45, 7) is 3.61. The van der Waals surface area contributed by atoms with Gasteiger partial charge in [-0.3, -0.25) is 25.1 Å². The number of nitrogens with zero attached hydrogens (tertiary/aromatic N) is 5. The minimum absolute atomic E-state index is 0.109. The molecule has 1 fully saturated rings. The zero-order valence-electron chi connectivity index (χ0n) is 21.3. The van der Waals surface area contributed by atoms with Crippen molar-refractivity contribution in [3.8, 4) is 0 Å². The number of hydrogen-bond donors (Lipinski definition) is 3. The number of nitrogens with one attached hydrogen (secondary N) is 1. The van der Waals surface area contributed by atoms with Crippen molar-refractivity contribution in [2.75, 3.05) is 17.7 Å². The number of hydrogen-bond acceptors (Lipinski definition) is 6. The van der Waals surface area contributed by atoms with Crippen molar-refractivity contribution in [2.24, 2.45) is 13.0 Å². The van der Waals surface area contributed by atoms with Crippen LogP contribution in [0, 0.1) is 12.8 Å². The Morgan fingerprint density at radius 2 is 1.97 bits per heavy atom. The molecule has 4 amide bonds. The van der Waals surface area contributed by atoms with E-state index in [9.17, 15) is 19.6 Å². The van der Waals surface area contributed by atoms with E-state index in [2.05, 4.69) is 10.3 Å². The third kappa shape index (κ3) is 4.84. The van der Waals surface area contributed by atoms with E-state index in [1.165, 1.54) is 4.90 Å². The average molecular weight is 507 g/mol. The number of pyridine rings is 1. The summed E-state index contributed by atoms with van der Waals surface area (Å²) in [4.78, 5) is 47.0. The molecule has 0 radical (unpaired) electrons. The molecule has 11 nitrogen and oxygen atoms in total. The summed E-state index contributed by atoms with van der Waals surface area (Å²) in [5.41, 5.74) is 7.95. The number of carbonyl (C=O) groups is 3. The Morgan fingerprint density at radius 3 is 2.57 bits per heavy atom. The number of aromatic nitrogens is 3. The largest absolute Gasteiger partial charge is 0.349 e. The number of rotatable bonds is 7. The molecule has 0 spiro atoms. The second-order valence-electron chi connectivity index (χ2n) is 9.26. The third-order valence-corrected chi connectivity index (χ3v) is 6.78. The van der Waals surface area contributed by atoms with Gasteiger partial charge in [0.05, 0.1) is 12.0 Å². The molecule has 37 heavy (non-hydrogen) atoms. The molecule has 1 saturated heterocycles. The maximum Gasteiger partial charge on any atom is 0.325 e. The van der Waals surface area contributed by atoms with Crippen LogP contribution >= 0.6 is 0 Å². The number of amides is 4. The number of urea groups is 1. The minimum atomic E-state index is -1.04. The molecule has 4 rings (SSSR count). The van der Waals surface area contributed by atoms with Gasteiger partial charge in [-0.05, 0) is 34.8 Å². The summed E-state index contributed by atoms with van der Waals surface area (Å²) in [5, 5.41) is 12.9. The van der Waals surface area contributed by atoms with E-state index in [0.29, 0.717) is 23.6 Å². The Balaban J connectivity index is 1.63. The zero-order valence-corrected chi connectivity index (χ0v) is 21.3. The number of imide groups is 1. The van der Waals surface area contributed by atoms with Gasteiger partial charge < -0.3 is 15.1 Å². The van der Waals surface area contributed by atoms with Gasteiger partial charge in [-0.25, -0.2) is 9.78 Å². The van der Waals surface area contributed by atoms with Gasteiger partial charge >= 0.3 is 11.8 Å². The van der Waals surface area contributed by atoms with Crippen molar-refractivity contribution in [2.45, 2.75) is 38.8 Å². The van der Waals surface area contributed by atoms with E-state index in [4.69, 9.17) is 5.73 Å². The van der Waals surface area contributed by atoms with Crippen molar-refractivity contribution in [1.29, 1.82) is 0 Å². The number of nitrogens with two attached hydrogens (primary N) is 1. The van der Waals surface area contributed by atoms with Gasteiger partial charge in [-0.1, -0.05) is 37.3 Å². The molecule has 0 unspecified atom stereocenters. The maximum atomic E-state index is 13.7. The molecule has 1 aromatic carbocycles. The number of anilines is 2. The molecule has 0 saturated carbocycles. The van der Waals surface area contributed by atoms with Crippen LogP contribution in [0.4, 0.5) is 16.6 Å². The number of aryl methyl sites for hydroxylation is 2. The van der Waals surface area contributed by atoms with Gasteiger partial charge in [-0.15, -0.1) is 0 Å². The Kier molecular flexibility index (Phi) is 7.14. The first kappa shape index (κ1) is 25.7. The topological polar surface area (TPSA) is 138 Å². The average Bonchev–Trinajstić information content (AvgIpc) is 3.32. The van der Waals surface area contributed by atoms with Gasteiger partial charge in [-0.2, -0.15) is 0 Å². The predicted molar refractivity (Wildman–Crippen MR) is 135 cm³/mol. The van der Waals surface area contributed by atoms with Crippen molar-refractivity contribution in [1.82, 2.24) is 19.8 Å². The summed E-state index contributed by atoms with van der Waals surface area (Å²) in [7, 11) is 3.32. The molecule has 4 N–H and O–H groups in total. The molecular formula is C26H32N7O4+. The number of imidazole rings is 1. The standard InChI is InChI=1S/C26H31N7O4/c1-5-20(18-9-7-6-8-10-18)29-26(36)32-22(24(35)31(4)25-28-11-12-30(25)3)19(23(32)34)14-17-13-16(2)33(37)21(27)15-17/h6-13,15,19-20,22,27,37H,5,14H2,1-4H3,(H,29,36)/p+1/t19-,20-,22+/m1/s1. The number of carbonyl (C=O) groups excluding carboxylic acids is 3. The van der Waals surface area contributed by atoms with Crippen molar-refractivity contribution in [3.63, 3.8) is 0 Å². The number of nitrogen functional groups attached to an aromatic ring is 1. The molecule has 3 aromatic rings. The number of β-lactam (4-membered cyclic amide) rings is 1. The molecular weight excluding hydrogens is 474 g/mol. The highest BCUT2D eigenvalue weighted by Crippen LogP contribution is 2.33. The highest BCUT2D eigenvalue weighted by molar-refractivity contribution is 6.12. The Labute approximate surface area is 215 Å². The van der Waals surface area contributed by atoms with E-state index < -0.39 is 29.8 Å². The predicted octanol–water partition coefficient (Wildman–Crippen LogP) is 1.73. The SMILES string of the molecule is CC[C@@H](NC(=O)N1C(=O)[C@H](Cc2cc(C)[n+](O)c(N)c2)[C@H]1C(=O)N(C)c1nccn1C)c1ccccc1. The first-order valence-electron chi connectivity index (χ1n) is 12.1. The molecule has 3 heterocycles. The molecule has 3 atom stereocenters. The maximum absolute atomic E-state index is 13.7. The lowest BCUT2D eigenvalue weighted by Gasteiger charge is -2.45. The van der Waals surface area contributed by atoms with E-state index >= 15 is 0 Å².